The zero-order chi connectivity index (χ0) is 43.6. The predicted molar refractivity (Wildman–Crippen MR) is 236 cm³/mol. The van der Waals surface area contributed by atoms with Crippen molar-refractivity contribution in [2.24, 2.45) is 0 Å². The molecule has 6 rings (SSSR count). The Morgan fingerprint density at radius 1 is 0.918 bits per heavy atom. The standard InChI is InChI=1S/C44H46ClF3N6O5S2/c1-2-51(31-44(46,47)48)23-22-36(30-60-38-9-4-3-5-10-38)49-41-21-20-39(28-42(41)54(56)57)61(58,59)50-43(55)33-14-18-37(19-15-33)53-26-24-52(25-27-53)29-34-8-6-7-11-40(34)32-12-16-35(45)17-13-32/h3-21,28,36,49H,2,22-27,29-31H2,1H3,(H,50,55)/t36-/m1/s1. The van der Waals surface area contributed by atoms with E-state index in [4.69, 9.17) is 11.6 Å². The number of sulfonamides is 1. The zero-order valence-corrected chi connectivity index (χ0v) is 35.7. The average molecular weight is 895 g/mol. The summed E-state index contributed by atoms with van der Waals surface area (Å²) in [6.45, 7) is 4.64. The minimum Gasteiger partial charge on any atom is -0.376 e. The number of hydrogen-bond acceptors (Lipinski definition) is 10. The Hall–Kier alpha value is -5.13. The molecule has 17 heteroatoms. The third-order valence-corrected chi connectivity index (χ3v) is 13.1. The molecule has 0 aliphatic carbocycles. The third kappa shape index (κ3) is 12.9. The molecular formula is C44H46ClF3N6O5S2. The fraction of sp³-hybridized carbons (Fsp3) is 0.295. The van der Waals surface area contributed by atoms with Gasteiger partial charge < -0.3 is 10.2 Å². The van der Waals surface area contributed by atoms with E-state index in [-0.39, 0.29) is 30.8 Å². The summed E-state index contributed by atoms with van der Waals surface area (Å²) in [6, 6.07) is 34.7. The van der Waals surface area contributed by atoms with Crippen molar-refractivity contribution in [1.82, 2.24) is 14.5 Å². The van der Waals surface area contributed by atoms with Crippen molar-refractivity contribution >= 4 is 56.4 Å². The molecule has 0 saturated carbocycles. The maximum atomic E-state index is 13.4. The summed E-state index contributed by atoms with van der Waals surface area (Å²) < 4.78 is 68.3. The van der Waals surface area contributed by atoms with Crippen molar-refractivity contribution in [3.63, 3.8) is 0 Å². The minimum atomic E-state index is -4.55. The molecule has 11 nitrogen and oxygen atoms in total. The molecule has 1 fully saturated rings. The maximum Gasteiger partial charge on any atom is 0.401 e. The van der Waals surface area contributed by atoms with Crippen LogP contribution in [0.2, 0.25) is 5.02 Å². The summed E-state index contributed by atoms with van der Waals surface area (Å²) in [6.07, 6.45) is -4.17. The molecule has 0 aromatic heterocycles. The van der Waals surface area contributed by atoms with Crippen LogP contribution >= 0.6 is 23.4 Å². The molecule has 0 radical (unpaired) electrons. The predicted octanol–water partition coefficient (Wildman–Crippen LogP) is 9.20. The normalized spacial score (nSPS) is 14.2. The third-order valence-electron chi connectivity index (χ3n) is 10.3. The smallest absolute Gasteiger partial charge is 0.376 e. The van der Waals surface area contributed by atoms with E-state index < -0.39 is 50.2 Å². The van der Waals surface area contributed by atoms with Crippen molar-refractivity contribution < 1.29 is 31.3 Å². The van der Waals surface area contributed by atoms with Crippen LogP contribution in [0.1, 0.15) is 29.3 Å². The van der Waals surface area contributed by atoms with E-state index in [9.17, 15) is 36.5 Å². The fourth-order valence-corrected chi connectivity index (χ4v) is 9.17. The molecule has 0 bridgehead atoms. The SMILES string of the molecule is CCN(CC[C@H](CSc1ccccc1)Nc1ccc(S(=O)(=O)NC(=O)c2ccc(N3CCN(Cc4ccccc4-c4ccc(Cl)cc4)CC3)cc2)cc1[N+](=O)[O-])CC(F)(F)F. The first-order chi connectivity index (χ1) is 29.2. The van der Waals surface area contributed by atoms with Crippen LogP contribution < -0.4 is 14.9 Å². The Morgan fingerprint density at radius 3 is 2.25 bits per heavy atom. The van der Waals surface area contributed by atoms with Gasteiger partial charge in [-0.25, -0.2) is 13.1 Å². The number of nitrogens with zero attached hydrogens (tertiary/aromatic N) is 4. The molecule has 1 atom stereocenters. The lowest BCUT2D eigenvalue weighted by atomic mass is 9.99. The summed E-state index contributed by atoms with van der Waals surface area (Å²) in [7, 11) is -4.55. The van der Waals surface area contributed by atoms with Crippen LogP contribution in [0.15, 0.2) is 131 Å². The van der Waals surface area contributed by atoms with Crippen molar-refractivity contribution in [3.05, 3.63) is 148 Å². The lowest BCUT2D eigenvalue weighted by Crippen LogP contribution is -2.46. The molecule has 0 spiro atoms. The molecule has 1 saturated heterocycles. The second-order valence-electron chi connectivity index (χ2n) is 14.6. The van der Waals surface area contributed by atoms with Gasteiger partial charge in [0.05, 0.1) is 16.4 Å². The number of halogens is 4. The molecule has 0 unspecified atom stereocenters. The van der Waals surface area contributed by atoms with E-state index in [2.05, 4.69) is 27.2 Å². The van der Waals surface area contributed by atoms with Gasteiger partial charge in [-0.1, -0.05) is 73.1 Å². The second-order valence-corrected chi connectivity index (χ2v) is 17.8. The van der Waals surface area contributed by atoms with Crippen LogP contribution in [-0.2, 0) is 16.6 Å². The number of thioether (sulfide) groups is 1. The van der Waals surface area contributed by atoms with Crippen LogP contribution in [0.4, 0.5) is 30.2 Å². The van der Waals surface area contributed by atoms with Crippen LogP contribution in [0.5, 0.6) is 0 Å². The Bertz CT molecular complexity index is 2370. The van der Waals surface area contributed by atoms with E-state index in [1.54, 1.807) is 19.1 Å². The van der Waals surface area contributed by atoms with Gasteiger partial charge in [-0.2, -0.15) is 13.2 Å². The van der Waals surface area contributed by atoms with Crippen LogP contribution in [0.3, 0.4) is 0 Å². The first-order valence-electron chi connectivity index (χ1n) is 19.7. The van der Waals surface area contributed by atoms with Gasteiger partial charge in [-0.3, -0.25) is 24.7 Å². The number of nitro groups is 1. The largest absolute Gasteiger partial charge is 0.401 e. The van der Waals surface area contributed by atoms with E-state index in [1.165, 1.54) is 40.4 Å². The van der Waals surface area contributed by atoms with Gasteiger partial charge in [0.1, 0.15) is 5.69 Å². The Labute approximate surface area is 363 Å². The van der Waals surface area contributed by atoms with Crippen molar-refractivity contribution in [1.29, 1.82) is 0 Å². The number of carbonyl (C=O) groups is 1. The molecule has 2 N–H and O–H groups in total. The first kappa shape index (κ1) is 45.4. The Kier molecular flexibility index (Phi) is 15.3. The molecule has 61 heavy (non-hydrogen) atoms. The molecule has 1 amide bonds. The van der Waals surface area contributed by atoms with Crippen molar-refractivity contribution in [2.75, 3.05) is 61.8 Å². The van der Waals surface area contributed by atoms with Crippen LogP contribution in [0.25, 0.3) is 11.1 Å². The number of amides is 1. The molecule has 1 aliphatic heterocycles. The van der Waals surface area contributed by atoms with Gasteiger partial charge in [0, 0.05) is 78.3 Å². The van der Waals surface area contributed by atoms with Gasteiger partial charge in [-0.05, 0) is 90.3 Å². The molecule has 5 aromatic carbocycles. The molecule has 5 aromatic rings. The summed E-state index contributed by atoms with van der Waals surface area (Å²) in [5.41, 5.74) is 3.86. The minimum absolute atomic E-state index is 0.00742. The van der Waals surface area contributed by atoms with Gasteiger partial charge in [0.25, 0.3) is 21.6 Å². The number of hydrogen-bond donors (Lipinski definition) is 2. The molecule has 322 valence electrons. The second kappa shape index (κ2) is 20.6. The lowest BCUT2D eigenvalue weighted by Gasteiger charge is -2.36. The number of alkyl halides is 3. The summed E-state index contributed by atoms with van der Waals surface area (Å²) in [4.78, 5) is 30.9. The highest BCUT2D eigenvalue weighted by Crippen LogP contribution is 2.31. The van der Waals surface area contributed by atoms with Gasteiger partial charge in [-0.15, -0.1) is 11.8 Å². The summed E-state index contributed by atoms with van der Waals surface area (Å²) >= 11 is 7.54. The molecular weight excluding hydrogens is 849 g/mol. The number of piperazine rings is 1. The highest BCUT2D eigenvalue weighted by Gasteiger charge is 2.31. The first-order valence-corrected chi connectivity index (χ1v) is 22.5. The summed E-state index contributed by atoms with van der Waals surface area (Å²) in [5, 5.41) is 16.0. The van der Waals surface area contributed by atoms with Gasteiger partial charge >= 0.3 is 6.18 Å². The monoisotopic (exact) mass is 894 g/mol. The van der Waals surface area contributed by atoms with Crippen LogP contribution in [0, 0.1) is 10.1 Å². The highest BCUT2D eigenvalue weighted by molar-refractivity contribution is 7.99. The van der Waals surface area contributed by atoms with Crippen molar-refractivity contribution in [2.45, 2.75) is 41.9 Å². The number of benzene rings is 5. The topological polar surface area (TPSA) is 128 Å². The van der Waals surface area contributed by atoms with E-state index >= 15 is 0 Å². The summed E-state index contributed by atoms with van der Waals surface area (Å²) in [5.74, 6) is -0.547. The number of nitrogens with one attached hydrogen (secondary N) is 2. The van der Waals surface area contributed by atoms with Gasteiger partial charge in [0.2, 0.25) is 0 Å². The van der Waals surface area contributed by atoms with Crippen LogP contribution in [-0.4, -0.2) is 92.8 Å². The number of rotatable bonds is 18. The van der Waals surface area contributed by atoms with E-state index in [0.29, 0.717) is 10.8 Å². The van der Waals surface area contributed by atoms with Crippen molar-refractivity contribution in [3.8, 4) is 11.1 Å². The number of nitro benzene ring substituents is 1. The number of anilines is 2. The lowest BCUT2D eigenvalue weighted by molar-refractivity contribution is -0.384. The zero-order valence-electron chi connectivity index (χ0n) is 33.4. The Morgan fingerprint density at radius 2 is 1.59 bits per heavy atom. The fourth-order valence-electron chi connectivity index (χ4n) is 7.06. The van der Waals surface area contributed by atoms with E-state index in [1.807, 2.05) is 71.5 Å². The quantitative estimate of drug-likeness (QED) is 0.0500. The average Bonchev–Trinajstić information content (AvgIpc) is 3.24. The molecule has 1 heterocycles. The Balaban J connectivity index is 1.07. The maximum absolute atomic E-state index is 13.4. The van der Waals surface area contributed by atoms with E-state index in [0.717, 1.165) is 66.6 Å². The number of carbonyl (C=O) groups excluding carboxylic acids is 1. The highest BCUT2D eigenvalue weighted by atomic mass is 35.5. The van der Waals surface area contributed by atoms with Gasteiger partial charge in [0.15, 0.2) is 0 Å². The molecule has 1 aliphatic rings.